The van der Waals surface area contributed by atoms with Crippen LogP contribution in [0.25, 0.3) is 0 Å². The van der Waals surface area contributed by atoms with Gasteiger partial charge in [0.2, 0.25) is 0 Å². The standard InChI is InChI=1S/C14H15NO2S/c1-10-13(14(16)17-2)18-12(15-10)9-8-11-6-4-3-5-7-11/h3-7H,8-9H2,1-2H3. The molecule has 3 nitrogen and oxygen atoms in total. The van der Waals surface area contributed by atoms with Crippen LogP contribution in [0.15, 0.2) is 30.3 Å². The molecular weight excluding hydrogens is 246 g/mol. The van der Waals surface area contributed by atoms with E-state index in [1.54, 1.807) is 0 Å². The minimum atomic E-state index is -0.295. The molecule has 1 aromatic heterocycles. The van der Waals surface area contributed by atoms with Gasteiger partial charge < -0.3 is 4.74 Å². The van der Waals surface area contributed by atoms with E-state index in [-0.39, 0.29) is 5.97 Å². The number of benzene rings is 1. The Bertz CT molecular complexity index is 534. The SMILES string of the molecule is COC(=O)c1sc(CCc2ccccc2)nc1C. The summed E-state index contributed by atoms with van der Waals surface area (Å²) in [7, 11) is 1.39. The summed E-state index contributed by atoms with van der Waals surface area (Å²) in [5, 5.41) is 0.983. The lowest BCUT2D eigenvalue weighted by Gasteiger charge is -1.97. The maximum atomic E-state index is 11.5. The van der Waals surface area contributed by atoms with Gasteiger partial charge in [0.25, 0.3) is 0 Å². The minimum Gasteiger partial charge on any atom is -0.465 e. The van der Waals surface area contributed by atoms with Gasteiger partial charge in [-0.05, 0) is 18.9 Å². The minimum absolute atomic E-state index is 0.295. The van der Waals surface area contributed by atoms with Crippen LogP contribution < -0.4 is 0 Å². The van der Waals surface area contributed by atoms with Crippen molar-refractivity contribution in [3.05, 3.63) is 51.5 Å². The van der Waals surface area contributed by atoms with Crippen LogP contribution in [0.3, 0.4) is 0 Å². The van der Waals surface area contributed by atoms with Crippen molar-refractivity contribution in [2.24, 2.45) is 0 Å². The van der Waals surface area contributed by atoms with Gasteiger partial charge in [0.15, 0.2) is 0 Å². The summed E-state index contributed by atoms with van der Waals surface area (Å²) in [6.07, 6.45) is 1.79. The van der Waals surface area contributed by atoms with E-state index in [0.29, 0.717) is 4.88 Å². The number of hydrogen-bond acceptors (Lipinski definition) is 4. The van der Waals surface area contributed by atoms with Gasteiger partial charge in [-0.15, -0.1) is 11.3 Å². The summed E-state index contributed by atoms with van der Waals surface area (Å²) in [4.78, 5) is 16.5. The van der Waals surface area contributed by atoms with Gasteiger partial charge in [0.1, 0.15) is 4.88 Å². The summed E-state index contributed by atoms with van der Waals surface area (Å²) < 4.78 is 4.72. The van der Waals surface area contributed by atoms with Crippen molar-refractivity contribution in [1.82, 2.24) is 4.98 Å². The molecule has 0 bridgehead atoms. The number of thiazole rings is 1. The Hall–Kier alpha value is -1.68. The highest BCUT2D eigenvalue weighted by molar-refractivity contribution is 7.13. The van der Waals surface area contributed by atoms with Crippen molar-refractivity contribution in [3.8, 4) is 0 Å². The van der Waals surface area contributed by atoms with E-state index in [1.165, 1.54) is 24.0 Å². The van der Waals surface area contributed by atoms with Crippen LogP contribution >= 0.6 is 11.3 Å². The van der Waals surface area contributed by atoms with Gasteiger partial charge in [-0.2, -0.15) is 0 Å². The summed E-state index contributed by atoms with van der Waals surface area (Å²) in [5.74, 6) is -0.295. The average molecular weight is 261 g/mol. The maximum Gasteiger partial charge on any atom is 0.349 e. The largest absolute Gasteiger partial charge is 0.465 e. The average Bonchev–Trinajstić information content (AvgIpc) is 2.78. The number of methoxy groups -OCH3 is 1. The fourth-order valence-electron chi connectivity index (χ4n) is 1.74. The highest BCUT2D eigenvalue weighted by Gasteiger charge is 2.15. The second kappa shape index (κ2) is 5.78. The number of nitrogens with zero attached hydrogens (tertiary/aromatic N) is 1. The van der Waals surface area contributed by atoms with E-state index in [1.807, 2.05) is 25.1 Å². The molecule has 0 aliphatic heterocycles. The van der Waals surface area contributed by atoms with Crippen LogP contribution in [0.5, 0.6) is 0 Å². The fourth-order valence-corrected chi connectivity index (χ4v) is 2.72. The molecule has 0 saturated carbocycles. The van der Waals surface area contributed by atoms with Crippen molar-refractivity contribution < 1.29 is 9.53 Å². The molecule has 0 amide bonds. The zero-order valence-corrected chi connectivity index (χ0v) is 11.3. The summed E-state index contributed by atoms with van der Waals surface area (Å²) in [6, 6.07) is 10.3. The predicted molar refractivity (Wildman–Crippen MR) is 72.0 cm³/mol. The normalized spacial score (nSPS) is 10.3. The number of carbonyl (C=O) groups excluding carboxylic acids is 1. The molecule has 0 unspecified atom stereocenters. The second-order valence-corrected chi connectivity index (χ2v) is 5.08. The molecule has 0 spiro atoms. The highest BCUT2D eigenvalue weighted by atomic mass is 32.1. The molecule has 0 atom stereocenters. The van der Waals surface area contributed by atoms with Gasteiger partial charge in [0, 0.05) is 6.42 Å². The molecule has 2 rings (SSSR count). The third kappa shape index (κ3) is 2.96. The third-order valence-corrected chi connectivity index (χ3v) is 3.88. The second-order valence-electron chi connectivity index (χ2n) is 4.00. The van der Waals surface area contributed by atoms with Crippen molar-refractivity contribution in [3.63, 3.8) is 0 Å². The summed E-state index contributed by atoms with van der Waals surface area (Å²) >= 11 is 1.43. The van der Waals surface area contributed by atoms with Gasteiger partial charge in [-0.3, -0.25) is 0 Å². The number of rotatable bonds is 4. The smallest absolute Gasteiger partial charge is 0.349 e. The fraction of sp³-hybridized carbons (Fsp3) is 0.286. The van der Waals surface area contributed by atoms with E-state index in [4.69, 9.17) is 4.74 Å². The molecule has 0 N–H and O–H groups in total. The molecule has 0 aliphatic rings. The lowest BCUT2D eigenvalue weighted by Crippen LogP contribution is -1.99. The van der Waals surface area contributed by atoms with Crippen LogP contribution in [-0.2, 0) is 17.6 Å². The van der Waals surface area contributed by atoms with Gasteiger partial charge in [-0.25, -0.2) is 9.78 Å². The monoisotopic (exact) mass is 261 g/mol. The molecule has 1 heterocycles. The quantitative estimate of drug-likeness (QED) is 0.794. The maximum absolute atomic E-state index is 11.5. The number of esters is 1. The molecular formula is C14H15NO2S. The molecule has 18 heavy (non-hydrogen) atoms. The Morgan fingerprint density at radius 2 is 2.00 bits per heavy atom. The van der Waals surface area contributed by atoms with Crippen molar-refractivity contribution in [2.75, 3.05) is 7.11 Å². The van der Waals surface area contributed by atoms with E-state index in [9.17, 15) is 4.79 Å². The first-order valence-electron chi connectivity index (χ1n) is 5.79. The van der Waals surface area contributed by atoms with Gasteiger partial charge in [0.05, 0.1) is 17.8 Å². The van der Waals surface area contributed by atoms with Crippen LogP contribution in [0.1, 0.15) is 25.9 Å². The van der Waals surface area contributed by atoms with E-state index >= 15 is 0 Å². The number of ether oxygens (including phenoxy) is 1. The molecule has 0 aliphatic carbocycles. The lowest BCUT2D eigenvalue weighted by molar-refractivity contribution is 0.0605. The van der Waals surface area contributed by atoms with Crippen LogP contribution in [0.4, 0.5) is 0 Å². The van der Waals surface area contributed by atoms with Crippen LogP contribution in [-0.4, -0.2) is 18.1 Å². The van der Waals surface area contributed by atoms with E-state index in [2.05, 4.69) is 17.1 Å². The zero-order chi connectivity index (χ0) is 13.0. The Balaban J connectivity index is 2.05. The number of hydrogen-bond donors (Lipinski definition) is 0. The van der Waals surface area contributed by atoms with Crippen molar-refractivity contribution in [2.45, 2.75) is 19.8 Å². The summed E-state index contributed by atoms with van der Waals surface area (Å²) in [5.41, 5.74) is 2.04. The molecule has 2 aromatic rings. The number of aromatic nitrogens is 1. The zero-order valence-electron chi connectivity index (χ0n) is 10.5. The first-order valence-corrected chi connectivity index (χ1v) is 6.61. The van der Waals surface area contributed by atoms with Gasteiger partial charge >= 0.3 is 5.97 Å². The predicted octanol–water partition coefficient (Wildman–Crippen LogP) is 3.02. The van der Waals surface area contributed by atoms with Crippen molar-refractivity contribution >= 4 is 17.3 Å². The molecule has 0 radical (unpaired) electrons. The molecule has 4 heteroatoms. The van der Waals surface area contributed by atoms with Crippen molar-refractivity contribution in [1.29, 1.82) is 0 Å². The van der Waals surface area contributed by atoms with Crippen LogP contribution in [0, 0.1) is 6.92 Å². The Morgan fingerprint density at radius 1 is 1.28 bits per heavy atom. The van der Waals surface area contributed by atoms with Gasteiger partial charge in [-0.1, -0.05) is 30.3 Å². The molecule has 1 aromatic carbocycles. The Kier molecular flexibility index (Phi) is 4.10. The number of carbonyl (C=O) groups is 1. The Labute approximate surface area is 110 Å². The first kappa shape index (κ1) is 12.8. The van der Waals surface area contributed by atoms with E-state index < -0.39 is 0 Å². The molecule has 94 valence electrons. The Morgan fingerprint density at radius 3 is 2.67 bits per heavy atom. The third-order valence-electron chi connectivity index (χ3n) is 2.68. The topological polar surface area (TPSA) is 39.2 Å². The summed E-state index contributed by atoms with van der Waals surface area (Å²) in [6.45, 7) is 1.84. The van der Waals surface area contributed by atoms with E-state index in [0.717, 1.165) is 23.5 Å². The molecule has 0 saturated heterocycles. The molecule has 0 fully saturated rings. The first-order chi connectivity index (χ1) is 8.70. The lowest BCUT2D eigenvalue weighted by atomic mass is 10.1. The number of aryl methyl sites for hydroxylation is 3. The van der Waals surface area contributed by atoms with Crippen LogP contribution in [0.2, 0.25) is 0 Å². The highest BCUT2D eigenvalue weighted by Crippen LogP contribution is 2.20.